The Labute approximate surface area is 165 Å². The molecule has 0 heterocycles. The van der Waals surface area contributed by atoms with E-state index in [1.165, 1.54) is 6.08 Å². The molecule has 0 atom stereocenters. The zero-order chi connectivity index (χ0) is 20.7. The normalized spacial score (nSPS) is 11.6. The molecule has 0 saturated heterocycles. The van der Waals surface area contributed by atoms with E-state index in [1.54, 1.807) is 30.3 Å². The number of para-hydroxylation sites is 1. The quantitative estimate of drug-likeness (QED) is 0.427. The van der Waals surface area contributed by atoms with Crippen LogP contribution in [0.5, 0.6) is 11.5 Å². The standard InChI is InChI=1S/C23H25NO4/c1-16-9-10-19(23(2,3)4)21(13-16)28-12-11-27-20-8-6-5-7-17(20)14-18(15-24)22(25)26/h5-10,13-14H,11-12H2,1-4H3,(H,25,26). The average molecular weight is 379 g/mol. The summed E-state index contributed by atoms with van der Waals surface area (Å²) in [7, 11) is 0. The number of carbonyl (C=O) groups is 1. The Kier molecular flexibility index (Phi) is 6.84. The van der Waals surface area contributed by atoms with Gasteiger partial charge in [0.25, 0.3) is 0 Å². The van der Waals surface area contributed by atoms with Crippen LogP contribution in [-0.4, -0.2) is 24.3 Å². The van der Waals surface area contributed by atoms with Crippen LogP contribution in [0.15, 0.2) is 48.0 Å². The van der Waals surface area contributed by atoms with E-state index in [0.29, 0.717) is 17.9 Å². The Bertz CT molecular complexity index is 917. The fourth-order valence-corrected chi connectivity index (χ4v) is 2.70. The molecule has 0 bridgehead atoms. The molecule has 0 fully saturated rings. The van der Waals surface area contributed by atoms with E-state index in [4.69, 9.17) is 19.8 Å². The molecule has 0 aliphatic heterocycles. The van der Waals surface area contributed by atoms with Crippen molar-refractivity contribution in [1.29, 1.82) is 5.26 Å². The minimum absolute atomic E-state index is 0.0359. The van der Waals surface area contributed by atoms with Gasteiger partial charge in [0.1, 0.15) is 36.4 Å². The maximum absolute atomic E-state index is 11.1. The van der Waals surface area contributed by atoms with Gasteiger partial charge in [-0.15, -0.1) is 0 Å². The molecule has 0 aliphatic carbocycles. The first-order valence-corrected chi connectivity index (χ1v) is 9.03. The number of hydrogen-bond acceptors (Lipinski definition) is 4. The molecule has 0 unspecified atom stereocenters. The van der Waals surface area contributed by atoms with Gasteiger partial charge >= 0.3 is 5.97 Å². The van der Waals surface area contributed by atoms with Gasteiger partial charge in [-0.3, -0.25) is 0 Å². The second kappa shape index (κ2) is 9.09. The number of aliphatic carboxylic acids is 1. The van der Waals surface area contributed by atoms with Crippen LogP contribution in [-0.2, 0) is 10.2 Å². The van der Waals surface area contributed by atoms with E-state index in [9.17, 15) is 4.79 Å². The van der Waals surface area contributed by atoms with Crippen molar-refractivity contribution in [1.82, 2.24) is 0 Å². The second-order valence-corrected chi connectivity index (χ2v) is 7.46. The van der Waals surface area contributed by atoms with Gasteiger partial charge in [0.2, 0.25) is 0 Å². The molecule has 2 aromatic carbocycles. The number of nitrogens with zero attached hydrogens (tertiary/aromatic N) is 1. The highest BCUT2D eigenvalue weighted by atomic mass is 16.5. The average Bonchev–Trinajstić information content (AvgIpc) is 2.63. The molecule has 0 aliphatic rings. The topological polar surface area (TPSA) is 79.5 Å². The largest absolute Gasteiger partial charge is 0.490 e. The molecule has 5 nitrogen and oxygen atoms in total. The molecule has 5 heteroatoms. The summed E-state index contributed by atoms with van der Waals surface area (Å²) in [4.78, 5) is 11.1. The van der Waals surface area contributed by atoms with Gasteiger partial charge in [-0.2, -0.15) is 5.26 Å². The molecule has 146 valence electrons. The predicted molar refractivity (Wildman–Crippen MR) is 109 cm³/mol. The van der Waals surface area contributed by atoms with Gasteiger partial charge in [-0.05, 0) is 41.7 Å². The third kappa shape index (κ3) is 5.62. The SMILES string of the molecule is Cc1ccc(C(C)(C)C)c(OCCOc2ccccc2C=C(C#N)C(=O)O)c1. The van der Waals surface area contributed by atoms with Crippen LogP contribution in [0.3, 0.4) is 0 Å². The maximum atomic E-state index is 11.1. The lowest BCUT2D eigenvalue weighted by Crippen LogP contribution is -2.16. The van der Waals surface area contributed by atoms with E-state index >= 15 is 0 Å². The van der Waals surface area contributed by atoms with Crippen LogP contribution in [0.1, 0.15) is 37.5 Å². The predicted octanol–water partition coefficient (Wildman–Crippen LogP) is 4.74. The fourth-order valence-electron chi connectivity index (χ4n) is 2.70. The molecule has 0 radical (unpaired) electrons. The molecule has 0 spiro atoms. The number of ether oxygens (including phenoxy) is 2. The summed E-state index contributed by atoms with van der Waals surface area (Å²) in [6.07, 6.45) is 1.30. The van der Waals surface area contributed by atoms with Crippen molar-refractivity contribution in [3.05, 3.63) is 64.7 Å². The molecule has 2 rings (SSSR count). The van der Waals surface area contributed by atoms with Crippen LogP contribution in [0, 0.1) is 18.3 Å². The van der Waals surface area contributed by atoms with E-state index in [2.05, 4.69) is 32.9 Å². The first kappa shape index (κ1) is 21.0. The minimum atomic E-state index is -1.27. The lowest BCUT2D eigenvalue weighted by atomic mass is 9.86. The van der Waals surface area contributed by atoms with Gasteiger partial charge in [0.05, 0.1) is 0 Å². The molecular weight excluding hydrogens is 354 g/mol. The molecule has 0 saturated carbocycles. The van der Waals surface area contributed by atoms with Crippen molar-refractivity contribution in [2.45, 2.75) is 33.1 Å². The first-order chi connectivity index (χ1) is 13.2. The smallest absolute Gasteiger partial charge is 0.346 e. The van der Waals surface area contributed by atoms with Crippen molar-refractivity contribution < 1.29 is 19.4 Å². The van der Waals surface area contributed by atoms with E-state index in [-0.39, 0.29) is 17.6 Å². The van der Waals surface area contributed by atoms with Crippen LogP contribution in [0.2, 0.25) is 0 Å². The molecule has 1 N–H and O–H groups in total. The van der Waals surface area contributed by atoms with E-state index < -0.39 is 5.97 Å². The molecule has 2 aromatic rings. The third-order valence-electron chi connectivity index (χ3n) is 4.11. The Morgan fingerprint density at radius 1 is 1.11 bits per heavy atom. The second-order valence-electron chi connectivity index (χ2n) is 7.46. The molecule has 0 amide bonds. The first-order valence-electron chi connectivity index (χ1n) is 9.03. The maximum Gasteiger partial charge on any atom is 0.346 e. The summed E-state index contributed by atoms with van der Waals surface area (Å²) in [5.41, 5.74) is 2.40. The van der Waals surface area contributed by atoms with Gasteiger partial charge in [-0.25, -0.2) is 4.79 Å². The Morgan fingerprint density at radius 2 is 1.75 bits per heavy atom. The van der Waals surface area contributed by atoms with Crippen LogP contribution >= 0.6 is 0 Å². The lowest BCUT2D eigenvalue weighted by Gasteiger charge is -2.23. The van der Waals surface area contributed by atoms with E-state index in [1.807, 2.05) is 13.0 Å². The van der Waals surface area contributed by atoms with Crippen LogP contribution in [0.4, 0.5) is 0 Å². The summed E-state index contributed by atoms with van der Waals surface area (Å²) in [5, 5.41) is 18.0. The van der Waals surface area contributed by atoms with Crippen molar-refractivity contribution in [3.8, 4) is 17.6 Å². The zero-order valence-corrected chi connectivity index (χ0v) is 16.7. The number of hydrogen-bond donors (Lipinski definition) is 1. The minimum Gasteiger partial charge on any atom is -0.490 e. The summed E-state index contributed by atoms with van der Waals surface area (Å²) in [5.74, 6) is 0.0668. The number of carboxylic acids is 1. The van der Waals surface area contributed by atoms with E-state index in [0.717, 1.165) is 16.9 Å². The summed E-state index contributed by atoms with van der Waals surface area (Å²) in [6, 6.07) is 14.8. The monoisotopic (exact) mass is 379 g/mol. The third-order valence-corrected chi connectivity index (χ3v) is 4.11. The van der Waals surface area contributed by atoms with Crippen LogP contribution in [0.25, 0.3) is 6.08 Å². The van der Waals surface area contributed by atoms with Crippen molar-refractivity contribution in [3.63, 3.8) is 0 Å². The Morgan fingerprint density at radius 3 is 2.36 bits per heavy atom. The summed E-state index contributed by atoms with van der Waals surface area (Å²) in [6.45, 7) is 9.07. The highest BCUT2D eigenvalue weighted by molar-refractivity contribution is 5.96. The summed E-state index contributed by atoms with van der Waals surface area (Å²) >= 11 is 0. The van der Waals surface area contributed by atoms with Crippen molar-refractivity contribution in [2.24, 2.45) is 0 Å². The summed E-state index contributed by atoms with van der Waals surface area (Å²) < 4.78 is 11.7. The van der Waals surface area contributed by atoms with Crippen LogP contribution < -0.4 is 9.47 Å². The number of aryl methyl sites for hydroxylation is 1. The highest BCUT2D eigenvalue weighted by Gasteiger charge is 2.19. The Balaban J connectivity index is 2.07. The number of benzene rings is 2. The van der Waals surface area contributed by atoms with Crippen molar-refractivity contribution >= 4 is 12.0 Å². The molecule has 0 aromatic heterocycles. The number of nitriles is 1. The Hall–Kier alpha value is -3.26. The van der Waals surface area contributed by atoms with Gasteiger partial charge in [0, 0.05) is 5.56 Å². The van der Waals surface area contributed by atoms with Gasteiger partial charge in [-0.1, -0.05) is 51.1 Å². The lowest BCUT2D eigenvalue weighted by molar-refractivity contribution is -0.132. The number of carboxylic acid groups (broad SMARTS) is 1. The van der Waals surface area contributed by atoms with Gasteiger partial charge < -0.3 is 14.6 Å². The van der Waals surface area contributed by atoms with Crippen molar-refractivity contribution in [2.75, 3.05) is 13.2 Å². The number of rotatable bonds is 7. The fraction of sp³-hybridized carbons (Fsp3) is 0.304. The zero-order valence-electron chi connectivity index (χ0n) is 16.7. The molecule has 28 heavy (non-hydrogen) atoms. The van der Waals surface area contributed by atoms with Gasteiger partial charge in [0.15, 0.2) is 0 Å². The highest BCUT2D eigenvalue weighted by Crippen LogP contribution is 2.32. The molecular formula is C23H25NO4.